The fourth-order valence-electron chi connectivity index (χ4n) is 3.67. The van der Waals surface area contributed by atoms with E-state index in [2.05, 4.69) is 52.3 Å². The number of carbonyl (C=O) groups is 1. The monoisotopic (exact) mass is 409 g/mol. The summed E-state index contributed by atoms with van der Waals surface area (Å²) in [6.45, 7) is 2.04. The molecule has 0 bridgehead atoms. The molecule has 5 nitrogen and oxygen atoms in total. The average molecular weight is 410 g/mol. The van der Waals surface area contributed by atoms with Crippen molar-refractivity contribution in [1.82, 2.24) is 9.88 Å². The first-order valence-electron chi connectivity index (χ1n) is 9.51. The molecule has 0 saturated carbocycles. The second-order valence-corrected chi connectivity index (χ2v) is 7.03. The van der Waals surface area contributed by atoms with Crippen molar-refractivity contribution in [2.45, 2.75) is 25.4 Å². The van der Waals surface area contributed by atoms with Gasteiger partial charge in [-0.05, 0) is 48.7 Å². The van der Waals surface area contributed by atoms with Crippen LogP contribution in [-0.4, -0.2) is 22.3 Å². The average Bonchev–Trinajstić information content (AvgIpc) is 3.19. The van der Waals surface area contributed by atoms with Crippen LogP contribution in [0.1, 0.15) is 40.4 Å². The van der Waals surface area contributed by atoms with E-state index >= 15 is 0 Å². The zero-order chi connectivity index (χ0) is 19.3. The lowest BCUT2D eigenvalue weighted by Crippen LogP contribution is -2.22. The van der Waals surface area contributed by atoms with Gasteiger partial charge in [-0.25, -0.2) is 4.98 Å². The number of likely N-dealkylation sites (tertiary alicyclic amines) is 1. The van der Waals surface area contributed by atoms with Gasteiger partial charge in [-0.15, -0.1) is 12.4 Å². The highest BCUT2D eigenvalue weighted by molar-refractivity contribution is 5.92. The summed E-state index contributed by atoms with van der Waals surface area (Å²) >= 11 is 0. The lowest BCUT2D eigenvalue weighted by Gasteiger charge is -2.25. The summed E-state index contributed by atoms with van der Waals surface area (Å²) in [6.07, 6.45) is 3.86. The largest absolute Gasteiger partial charge is 0.439 e. The van der Waals surface area contributed by atoms with Crippen molar-refractivity contribution in [2.75, 3.05) is 6.54 Å². The van der Waals surface area contributed by atoms with E-state index in [1.807, 2.05) is 12.1 Å². The lowest BCUT2D eigenvalue weighted by molar-refractivity contribution is 0.1000. The molecule has 1 aliphatic rings. The molecular formula is C23H24ClN3O2. The van der Waals surface area contributed by atoms with Crippen molar-refractivity contribution in [2.24, 2.45) is 5.73 Å². The summed E-state index contributed by atoms with van der Waals surface area (Å²) in [5, 5.41) is 0. The van der Waals surface area contributed by atoms with Crippen molar-refractivity contribution in [3.63, 3.8) is 0 Å². The molecule has 1 amide bonds. The van der Waals surface area contributed by atoms with E-state index in [0.29, 0.717) is 23.2 Å². The van der Waals surface area contributed by atoms with Gasteiger partial charge in [0.1, 0.15) is 5.75 Å². The number of benzene rings is 2. The van der Waals surface area contributed by atoms with Gasteiger partial charge in [0.2, 0.25) is 11.8 Å². The zero-order valence-corrected chi connectivity index (χ0v) is 16.8. The Balaban J connectivity index is 0.00000240. The van der Waals surface area contributed by atoms with Crippen LogP contribution in [-0.2, 0) is 6.54 Å². The molecule has 1 fully saturated rings. The Bertz CT molecular complexity index is 931. The minimum atomic E-state index is -0.501. The molecule has 4 rings (SSSR count). The van der Waals surface area contributed by atoms with Crippen molar-refractivity contribution < 1.29 is 9.53 Å². The second-order valence-electron chi connectivity index (χ2n) is 7.03. The number of halogens is 1. The Kier molecular flexibility index (Phi) is 6.86. The lowest BCUT2D eigenvalue weighted by atomic mass is 10.0. The van der Waals surface area contributed by atoms with Crippen LogP contribution in [0.3, 0.4) is 0 Å². The number of carbonyl (C=O) groups excluding carboxylic acids is 1. The van der Waals surface area contributed by atoms with Gasteiger partial charge in [0.25, 0.3) is 0 Å². The van der Waals surface area contributed by atoms with Crippen molar-refractivity contribution in [1.29, 1.82) is 0 Å². The molecule has 0 aliphatic carbocycles. The van der Waals surface area contributed by atoms with E-state index in [1.165, 1.54) is 30.2 Å². The Hall–Kier alpha value is -2.89. The van der Waals surface area contributed by atoms with Gasteiger partial charge in [0, 0.05) is 24.8 Å². The maximum Gasteiger partial charge on any atom is 0.250 e. The van der Waals surface area contributed by atoms with Crippen LogP contribution in [0.2, 0.25) is 0 Å². The maximum absolute atomic E-state index is 11.1. The number of hydrogen-bond donors (Lipinski definition) is 1. The number of aromatic nitrogens is 1. The molecule has 6 heteroatoms. The molecule has 1 unspecified atom stereocenters. The third-order valence-electron chi connectivity index (χ3n) is 5.10. The topological polar surface area (TPSA) is 68.5 Å². The maximum atomic E-state index is 11.1. The molecule has 1 aromatic heterocycles. The minimum absolute atomic E-state index is 0. The molecule has 2 aromatic carbocycles. The Morgan fingerprint density at radius 1 is 1.07 bits per heavy atom. The van der Waals surface area contributed by atoms with Gasteiger partial charge in [-0.1, -0.05) is 42.5 Å². The zero-order valence-electron chi connectivity index (χ0n) is 16.0. The summed E-state index contributed by atoms with van der Waals surface area (Å²) in [5.41, 5.74) is 8.24. The molecule has 1 aliphatic heterocycles. The molecule has 1 saturated heterocycles. The number of ether oxygens (including phenoxy) is 1. The standard InChI is InChI=1S/C23H23N3O2.ClH/c24-23(27)19-10-13-22(25-15-19)28-20-11-8-17(9-12-20)16-26-14-4-7-21(26)18-5-2-1-3-6-18;/h1-3,5-6,8-13,15,21H,4,7,14,16H2,(H2,24,27);1H. The minimum Gasteiger partial charge on any atom is -0.439 e. The highest BCUT2D eigenvalue weighted by Gasteiger charge is 2.25. The summed E-state index contributed by atoms with van der Waals surface area (Å²) < 4.78 is 5.75. The van der Waals surface area contributed by atoms with Gasteiger partial charge in [-0.2, -0.15) is 0 Å². The first-order chi connectivity index (χ1) is 13.7. The summed E-state index contributed by atoms with van der Waals surface area (Å²) in [7, 11) is 0. The predicted molar refractivity (Wildman–Crippen MR) is 115 cm³/mol. The molecule has 0 radical (unpaired) electrons. The number of amides is 1. The van der Waals surface area contributed by atoms with Crippen LogP contribution in [0.25, 0.3) is 0 Å². The van der Waals surface area contributed by atoms with Crippen LogP contribution >= 0.6 is 12.4 Å². The molecule has 2 heterocycles. The third-order valence-corrected chi connectivity index (χ3v) is 5.10. The van der Waals surface area contributed by atoms with E-state index in [4.69, 9.17) is 10.5 Å². The number of primary amides is 1. The molecule has 2 N–H and O–H groups in total. The normalized spacial score (nSPS) is 16.2. The van der Waals surface area contributed by atoms with Crippen molar-refractivity contribution in [3.8, 4) is 11.6 Å². The number of nitrogens with two attached hydrogens (primary N) is 1. The number of rotatable bonds is 6. The quantitative estimate of drug-likeness (QED) is 0.638. The molecule has 0 spiro atoms. The highest BCUT2D eigenvalue weighted by atomic mass is 35.5. The SMILES string of the molecule is Cl.NC(=O)c1ccc(Oc2ccc(CN3CCCC3c3ccccc3)cc2)nc1. The Labute approximate surface area is 176 Å². The van der Waals surface area contributed by atoms with Gasteiger partial charge >= 0.3 is 0 Å². The van der Waals surface area contributed by atoms with Crippen molar-refractivity contribution >= 4 is 18.3 Å². The smallest absolute Gasteiger partial charge is 0.250 e. The summed E-state index contributed by atoms with van der Waals surface area (Å²) in [6, 6.07) is 22.6. The van der Waals surface area contributed by atoms with Crippen LogP contribution in [0.15, 0.2) is 72.9 Å². The van der Waals surface area contributed by atoms with Crippen LogP contribution in [0.4, 0.5) is 0 Å². The van der Waals surface area contributed by atoms with Crippen LogP contribution in [0, 0.1) is 0 Å². The van der Waals surface area contributed by atoms with E-state index in [-0.39, 0.29) is 12.4 Å². The van der Waals surface area contributed by atoms with Crippen LogP contribution in [0.5, 0.6) is 11.6 Å². The number of hydrogen-bond acceptors (Lipinski definition) is 4. The first-order valence-corrected chi connectivity index (χ1v) is 9.51. The fraction of sp³-hybridized carbons (Fsp3) is 0.217. The van der Waals surface area contributed by atoms with E-state index in [9.17, 15) is 4.79 Å². The van der Waals surface area contributed by atoms with E-state index in [1.54, 1.807) is 12.1 Å². The molecule has 1 atom stereocenters. The molecule has 29 heavy (non-hydrogen) atoms. The Morgan fingerprint density at radius 2 is 1.83 bits per heavy atom. The fourth-order valence-corrected chi connectivity index (χ4v) is 3.67. The van der Waals surface area contributed by atoms with Gasteiger partial charge in [-0.3, -0.25) is 9.69 Å². The summed E-state index contributed by atoms with van der Waals surface area (Å²) in [4.78, 5) is 17.8. The van der Waals surface area contributed by atoms with Gasteiger partial charge in [0.15, 0.2) is 0 Å². The summed E-state index contributed by atoms with van der Waals surface area (Å²) in [5.74, 6) is 0.643. The van der Waals surface area contributed by atoms with Gasteiger partial charge < -0.3 is 10.5 Å². The second kappa shape index (κ2) is 9.54. The molecule has 150 valence electrons. The van der Waals surface area contributed by atoms with Gasteiger partial charge in [0.05, 0.1) is 5.56 Å². The van der Waals surface area contributed by atoms with Crippen molar-refractivity contribution in [3.05, 3.63) is 89.6 Å². The molecule has 3 aromatic rings. The van der Waals surface area contributed by atoms with E-state index < -0.39 is 5.91 Å². The number of nitrogens with zero attached hydrogens (tertiary/aromatic N) is 2. The third kappa shape index (κ3) is 5.13. The van der Waals surface area contributed by atoms with E-state index in [0.717, 1.165) is 13.1 Å². The first kappa shape index (κ1) is 20.8. The molecular weight excluding hydrogens is 386 g/mol. The highest BCUT2D eigenvalue weighted by Crippen LogP contribution is 2.33. The number of pyridine rings is 1. The Morgan fingerprint density at radius 3 is 2.48 bits per heavy atom. The predicted octanol–water partition coefficient (Wildman–Crippen LogP) is 4.73. The van der Waals surface area contributed by atoms with Crippen LogP contribution < -0.4 is 10.5 Å².